The van der Waals surface area contributed by atoms with Crippen molar-refractivity contribution in [3.63, 3.8) is 0 Å². The van der Waals surface area contributed by atoms with Gasteiger partial charge in [-0.15, -0.1) is 0 Å². The number of aromatic nitrogens is 4. The lowest BCUT2D eigenvalue weighted by molar-refractivity contribution is 0.112. The molecule has 2 N–H and O–H groups in total. The Hall–Kier alpha value is -3.78. The van der Waals surface area contributed by atoms with Gasteiger partial charge in [0.1, 0.15) is 6.29 Å². The van der Waals surface area contributed by atoms with E-state index in [9.17, 15) is 4.79 Å². The fourth-order valence-corrected chi connectivity index (χ4v) is 4.26. The number of pyridine rings is 1. The van der Waals surface area contributed by atoms with Crippen molar-refractivity contribution in [2.45, 2.75) is 38.6 Å². The number of nitrogens with zero attached hydrogens (tertiary/aromatic N) is 4. The maximum atomic E-state index is 11.4. The highest BCUT2D eigenvalue weighted by Crippen LogP contribution is 2.40. The largest absolute Gasteiger partial charge is 0.325 e. The number of aryl methyl sites for hydroxylation is 1. The zero-order valence-corrected chi connectivity index (χ0v) is 20.1. The molecule has 7 nitrogen and oxygen atoms in total. The number of nitrogens with one attached hydrogen (secondary N) is 2. The summed E-state index contributed by atoms with van der Waals surface area (Å²) in [5.74, 6) is 1.62. The van der Waals surface area contributed by atoms with Gasteiger partial charge in [-0.2, -0.15) is 10.1 Å². The molecule has 0 bridgehead atoms. The van der Waals surface area contributed by atoms with Gasteiger partial charge in [0.25, 0.3) is 7.98 Å². The van der Waals surface area contributed by atoms with E-state index in [0.717, 1.165) is 39.9 Å². The van der Waals surface area contributed by atoms with Crippen molar-refractivity contribution in [1.29, 1.82) is 0 Å². The number of hydrogen-bond acceptors (Lipinski definition) is 6. The number of anilines is 2. The van der Waals surface area contributed by atoms with E-state index in [0.29, 0.717) is 23.3 Å². The third kappa shape index (κ3) is 4.75. The molecule has 0 spiro atoms. The van der Waals surface area contributed by atoms with E-state index in [4.69, 9.17) is 7.98 Å². The summed E-state index contributed by atoms with van der Waals surface area (Å²) in [7, 11) is 7.97. The predicted molar refractivity (Wildman–Crippen MR) is 139 cm³/mol. The Balaban J connectivity index is 1.38. The van der Waals surface area contributed by atoms with Gasteiger partial charge >= 0.3 is 0 Å². The lowest BCUT2D eigenvalue weighted by Gasteiger charge is -2.15. The molecule has 1 unspecified atom stereocenters. The van der Waals surface area contributed by atoms with Gasteiger partial charge in [0.2, 0.25) is 5.95 Å². The topological polar surface area (TPSA) is 84.7 Å². The average molecular weight is 462 g/mol. The zero-order valence-electron chi connectivity index (χ0n) is 20.1. The second-order valence-electron chi connectivity index (χ2n) is 9.08. The number of carbonyl (C=O) groups excluding carboxylic acids is 1. The normalized spacial score (nSPS) is 14.0. The van der Waals surface area contributed by atoms with E-state index in [-0.39, 0.29) is 6.04 Å². The molecule has 2 radical (unpaired) electrons. The summed E-state index contributed by atoms with van der Waals surface area (Å²) in [4.78, 5) is 20.7. The first-order valence-corrected chi connectivity index (χ1v) is 11.8. The summed E-state index contributed by atoms with van der Waals surface area (Å²) in [6, 6.07) is 15.9. The quantitative estimate of drug-likeness (QED) is 0.284. The molecular formula is C27H27BN6O. The van der Waals surface area contributed by atoms with Crippen molar-refractivity contribution < 1.29 is 4.79 Å². The van der Waals surface area contributed by atoms with Gasteiger partial charge in [0.05, 0.1) is 5.69 Å². The maximum Gasteiger partial charge on any atom is 0.269 e. The maximum absolute atomic E-state index is 11.4. The van der Waals surface area contributed by atoms with Crippen LogP contribution in [-0.2, 0) is 0 Å². The van der Waals surface area contributed by atoms with Crippen molar-refractivity contribution in [3.05, 3.63) is 77.0 Å². The van der Waals surface area contributed by atoms with Crippen LogP contribution in [0.15, 0.2) is 54.7 Å². The molecule has 1 aliphatic carbocycles. The molecule has 8 heteroatoms. The van der Waals surface area contributed by atoms with Crippen LogP contribution in [0.2, 0.25) is 0 Å². The first-order chi connectivity index (χ1) is 17.0. The minimum atomic E-state index is 0.0177. The first-order valence-electron chi connectivity index (χ1n) is 11.8. The highest BCUT2D eigenvalue weighted by molar-refractivity contribution is 6.07. The van der Waals surface area contributed by atoms with Gasteiger partial charge in [-0.1, -0.05) is 18.2 Å². The Labute approximate surface area is 206 Å². The summed E-state index contributed by atoms with van der Waals surface area (Å²) >= 11 is 0. The highest BCUT2D eigenvalue weighted by atomic mass is 16.1. The molecule has 174 valence electrons. The SMILES string of the molecule is [B]n1nc(-c2ccc(-c3ccc(C4CC4)cn3)c(C)c2)nc1Nc1ccc(C=O)c(C(C)NC)c1. The molecule has 35 heavy (non-hydrogen) atoms. The fraction of sp³-hybridized carbons (Fsp3) is 0.259. The molecule has 2 aromatic heterocycles. The van der Waals surface area contributed by atoms with Gasteiger partial charge in [0, 0.05) is 34.6 Å². The standard InChI is InChI=1S/C27H27BN6O/c1-16-12-19(7-10-23(16)25-11-8-20(14-30-25)18-4-5-18)26-32-27(34(28)33-26)31-22-9-6-21(15-35)24(13-22)17(2)29-3/h6-15,17-18,29H,4-5H2,1-3H3,(H,31,32,33). The lowest BCUT2D eigenvalue weighted by Crippen LogP contribution is -2.14. The number of rotatable bonds is 8. The second-order valence-corrected chi connectivity index (χ2v) is 9.08. The molecule has 0 aliphatic heterocycles. The van der Waals surface area contributed by atoms with Crippen molar-refractivity contribution in [2.24, 2.45) is 0 Å². The second kappa shape index (κ2) is 9.46. The van der Waals surface area contributed by atoms with Crippen molar-refractivity contribution in [1.82, 2.24) is 25.0 Å². The molecule has 0 amide bonds. The van der Waals surface area contributed by atoms with Gasteiger partial charge < -0.3 is 10.6 Å². The smallest absolute Gasteiger partial charge is 0.269 e. The van der Waals surface area contributed by atoms with Gasteiger partial charge in [0.15, 0.2) is 5.82 Å². The number of aldehydes is 1. The minimum absolute atomic E-state index is 0.0177. The van der Waals surface area contributed by atoms with E-state index < -0.39 is 0 Å². The Morgan fingerprint density at radius 3 is 2.63 bits per heavy atom. The summed E-state index contributed by atoms with van der Waals surface area (Å²) in [5, 5.41) is 10.8. The van der Waals surface area contributed by atoms with Crippen LogP contribution in [0.4, 0.5) is 11.6 Å². The number of carbonyl (C=O) groups is 1. The van der Waals surface area contributed by atoms with Crippen LogP contribution in [0.3, 0.4) is 0 Å². The Morgan fingerprint density at radius 1 is 1.14 bits per heavy atom. The molecule has 1 aliphatic rings. The third-order valence-corrected chi connectivity index (χ3v) is 6.60. The van der Waals surface area contributed by atoms with E-state index >= 15 is 0 Å². The van der Waals surface area contributed by atoms with E-state index in [1.165, 1.54) is 23.0 Å². The van der Waals surface area contributed by atoms with Gasteiger partial charge in [-0.05, 0) is 86.7 Å². The van der Waals surface area contributed by atoms with Crippen molar-refractivity contribution >= 4 is 25.9 Å². The van der Waals surface area contributed by atoms with Crippen LogP contribution < -0.4 is 10.6 Å². The van der Waals surface area contributed by atoms with Crippen LogP contribution in [0, 0.1) is 6.92 Å². The monoisotopic (exact) mass is 462 g/mol. The van der Waals surface area contributed by atoms with Gasteiger partial charge in [-0.3, -0.25) is 14.4 Å². The molecule has 2 heterocycles. The summed E-state index contributed by atoms with van der Waals surface area (Å²) < 4.78 is 1.23. The molecule has 2 aromatic carbocycles. The molecule has 1 fully saturated rings. The molecule has 5 rings (SSSR count). The van der Waals surface area contributed by atoms with Crippen LogP contribution >= 0.6 is 0 Å². The van der Waals surface area contributed by atoms with Crippen LogP contribution in [0.5, 0.6) is 0 Å². The molecular weight excluding hydrogens is 435 g/mol. The van der Waals surface area contributed by atoms with Crippen LogP contribution in [0.1, 0.15) is 58.8 Å². The van der Waals surface area contributed by atoms with Crippen LogP contribution in [-0.4, -0.2) is 41.0 Å². The third-order valence-electron chi connectivity index (χ3n) is 6.60. The molecule has 0 saturated heterocycles. The lowest BCUT2D eigenvalue weighted by atomic mass is 10.0. The number of hydrogen-bond donors (Lipinski definition) is 2. The predicted octanol–water partition coefficient (Wildman–Crippen LogP) is 4.96. The van der Waals surface area contributed by atoms with Crippen LogP contribution in [0.25, 0.3) is 22.6 Å². The van der Waals surface area contributed by atoms with Crippen molar-refractivity contribution in [2.75, 3.05) is 12.4 Å². The zero-order chi connectivity index (χ0) is 24.5. The van der Waals surface area contributed by atoms with Crippen molar-refractivity contribution in [3.8, 4) is 22.6 Å². The Kier molecular flexibility index (Phi) is 6.22. The Morgan fingerprint density at radius 2 is 1.97 bits per heavy atom. The minimum Gasteiger partial charge on any atom is -0.325 e. The van der Waals surface area contributed by atoms with E-state index in [1.807, 2.05) is 38.4 Å². The van der Waals surface area contributed by atoms with Gasteiger partial charge in [-0.25, -0.2) is 0 Å². The summed E-state index contributed by atoms with van der Waals surface area (Å²) in [6.07, 6.45) is 5.40. The van der Waals surface area contributed by atoms with E-state index in [1.54, 1.807) is 6.07 Å². The summed E-state index contributed by atoms with van der Waals surface area (Å²) in [5.41, 5.74) is 7.63. The summed E-state index contributed by atoms with van der Waals surface area (Å²) in [6.45, 7) is 4.06. The average Bonchev–Trinajstić information content (AvgIpc) is 3.67. The number of benzene rings is 2. The van der Waals surface area contributed by atoms with E-state index in [2.05, 4.69) is 56.9 Å². The molecule has 1 saturated carbocycles. The highest BCUT2D eigenvalue weighted by Gasteiger charge is 2.23. The molecule has 1 atom stereocenters. The fourth-order valence-electron chi connectivity index (χ4n) is 4.26. The molecule has 4 aromatic rings. The Bertz CT molecular complexity index is 1380. The first kappa shape index (κ1) is 23.0.